The summed E-state index contributed by atoms with van der Waals surface area (Å²) < 4.78 is 5.53. The second-order valence-corrected chi connectivity index (χ2v) is 6.89. The Morgan fingerprint density at radius 3 is 2.73 bits per heavy atom. The summed E-state index contributed by atoms with van der Waals surface area (Å²) in [6, 6.07) is 1.97. The summed E-state index contributed by atoms with van der Waals surface area (Å²) in [5.74, 6) is 0. The van der Waals surface area contributed by atoms with Gasteiger partial charge in [0.15, 0.2) is 5.65 Å². The van der Waals surface area contributed by atoms with Gasteiger partial charge < -0.3 is 9.47 Å². The van der Waals surface area contributed by atoms with E-state index < -0.39 is 0 Å². The Bertz CT molecular complexity index is 1170. The zero-order valence-electron chi connectivity index (χ0n) is 15.6. The van der Waals surface area contributed by atoms with Crippen molar-refractivity contribution >= 4 is 27.6 Å². The zero-order chi connectivity index (χ0) is 18.4. The lowest BCUT2D eigenvalue weighted by Crippen LogP contribution is -2.22. The van der Waals surface area contributed by atoms with Crippen molar-refractivity contribution in [2.75, 3.05) is 20.6 Å². The van der Waals surface area contributed by atoms with Crippen molar-refractivity contribution in [1.29, 1.82) is 0 Å². The number of hydrogen-bond acceptors (Lipinski definition) is 5. The normalized spacial score (nSPS) is 12.2. The van der Waals surface area contributed by atoms with Gasteiger partial charge in [-0.1, -0.05) is 0 Å². The maximum Gasteiger partial charge on any atom is 0.283 e. The summed E-state index contributed by atoms with van der Waals surface area (Å²) in [6.07, 6.45) is 4.44. The van der Waals surface area contributed by atoms with Gasteiger partial charge >= 0.3 is 0 Å². The number of pyridine rings is 1. The maximum atomic E-state index is 13.0. The Kier molecular flexibility index (Phi) is 3.99. The quantitative estimate of drug-likeness (QED) is 0.546. The van der Waals surface area contributed by atoms with Crippen molar-refractivity contribution in [3.63, 3.8) is 0 Å². The van der Waals surface area contributed by atoms with Gasteiger partial charge in [-0.3, -0.25) is 4.79 Å². The maximum absolute atomic E-state index is 13.0. The molecule has 0 N–H and O–H groups in total. The molecule has 0 bridgehead atoms. The molecule has 136 valence electrons. The van der Waals surface area contributed by atoms with E-state index in [1.165, 1.54) is 4.52 Å². The van der Waals surface area contributed by atoms with E-state index in [-0.39, 0.29) is 5.56 Å². The van der Waals surface area contributed by atoms with Gasteiger partial charge in [0.1, 0.15) is 5.65 Å². The third-order valence-electron chi connectivity index (χ3n) is 4.71. The smallest absolute Gasteiger partial charge is 0.283 e. The van der Waals surface area contributed by atoms with Crippen molar-refractivity contribution in [2.24, 2.45) is 0 Å². The van der Waals surface area contributed by atoms with Gasteiger partial charge in [-0.05, 0) is 40.9 Å². The first kappa shape index (κ1) is 16.7. The highest BCUT2D eigenvalue weighted by Crippen LogP contribution is 2.24. The standard InChI is InChI=1S/C18H23N7O/c1-5-24-17-13(11-20-24)16-14(10-19-17)18(26)25-15(9-12(2)21-25)23(16)8-6-7-22(3)4/h9-11H,5-8H2,1-4H3. The van der Waals surface area contributed by atoms with Gasteiger partial charge in [-0.25, -0.2) is 9.67 Å². The number of aryl methyl sites for hydroxylation is 3. The molecule has 4 aromatic heterocycles. The molecule has 0 spiro atoms. The monoisotopic (exact) mass is 353 g/mol. The molecule has 0 atom stereocenters. The fourth-order valence-electron chi connectivity index (χ4n) is 3.52. The van der Waals surface area contributed by atoms with Crippen LogP contribution in [0, 0.1) is 6.92 Å². The summed E-state index contributed by atoms with van der Waals surface area (Å²) in [5.41, 5.74) is 3.21. The largest absolute Gasteiger partial charge is 0.325 e. The summed E-state index contributed by atoms with van der Waals surface area (Å²) >= 11 is 0. The average Bonchev–Trinajstić information content (AvgIpc) is 3.20. The van der Waals surface area contributed by atoms with Gasteiger partial charge in [-0.15, -0.1) is 0 Å². The fourth-order valence-corrected chi connectivity index (χ4v) is 3.52. The minimum atomic E-state index is -0.134. The van der Waals surface area contributed by atoms with Crippen LogP contribution in [-0.2, 0) is 13.1 Å². The van der Waals surface area contributed by atoms with Crippen LogP contribution in [0.15, 0.2) is 23.3 Å². The first-order valence-electron chi connectivity index (χ1n) is 8.89. The molecule has 4 rings (SSSR count). The van der Waals surface area contributed by atoms with Crippen molar-refractivity contribution in [2.45, 2.75) is 33.4 Å². The molecule has 0 saturated carbocycles. The molecular weight excluding hydrogens is 330 g/mol. The van der Waals surface area contributed by atoms with Crippen LogP contribution < -0.4 is 5.56 Å². The van der Waals surface area contributed by atoms with Crippen molar-refractivity contribution in [1.82, 2.24) is 33.8 Å². The number of rotatable bonds is 5. The highest BCUT2D eigenvalue weighted by Gasteiger charge is 2.17. The van der Waals surface area contributed by atoms with E-state index in [0.717, 1.165) is 53.9 Å². The molecule has 4 heterocycles. The van der Waals surface area contributed by atoms with E-state index in [0.29, 0.717) is 5.39 Å². The van der Waals surface area contributed by atoms with Crippen LogP contribution in [0.1, 0.15) is 19.0 Å². The number of fused-ring (bicyclic) bond motifs is 4. The molecule has 0 amide bonds. The SMILES string of the molecule is CCn1ncc2c1ncc1c(=O)n3nc(C)cc3n(CCCN(C)C)c12. The molecular formula is C18H23N7O. The van der Waals surface area contributed by atoms with Gasteiger partial charge in [0.25, 0.3) is 5.56 Å². The van der Waals surface area contributed by atoms with Gasteiger partial charge in [0.2, 0.25) is 0 Å². The summed E-state index contributed by atoms with van der Waals surface area (Å²) in [6.45, 7) is 6.44. The molecule has 8 nitrogen and oxygen atoms in total. The van der Waals surface area contributed by atoms with Crippen LogP contribution >= 0.6 is 0 Å². The second kappa shape index (κ2) is 6.21. The Hall–Kier alpha value is -2.74. The van der Waals surface area contributed by atoms with E-state index >= 15 is 0 Å². The Morgan fingerprint density at radius 2 is 2.00 bits per heavy atom. The predicted molar refractivity (Wildman–Crippen MR) is 102 cm³/mol. The van der Waals surface area contributed by atoms with Gasteiger partial charge in [0, 0.05) is 25.4 Å². The molecule has 4 aromatic rings. The average molecular weight is 353 g/mol. The fraction of sp³-hybridized carbons (Fsp3) is 0.444. The molecule has 0 aliphatic rings. The third kappa shape index (κ3) is 2.48. The molecule has 0 saturated heterocycles. The molecule has 0 aromatic carbocycles. The van der Waals surface area contributed by atoms with Crippen molar-refractivity contribution in [3.8, 4) is 0 Å². The Labute approximate surface area is 150 Å². The summed E-state index contributed by atoms with van der Waals surface area (Å²) in [7, 11) is 4.13. The zero-order valence-corrected chi connectivity index (χ0v) is 15.6. The lowest BCUT2D eigenvalue weighted by atomic mass is 10.2. The van der Waals surface area contributed by atoms with E-state index in [4.69, 9.17) is 0 Å². The van der Waals surface area contributed by atoms with E-state index in [1.54, 1.807) is 6.20 Å². The Balaban J connectivity index is 2.08. The van der Waals surface area contributed by atoms with Crippen LogP contribution in [0.5, 0.6) is 0 Å². The first-order valence-corrected chi connectivity index (χ1v) is 8.89. The minimum absolute atomic E-state index is 0.134. The van der Waals surface area contributed by atoms with Crippen LogP contribution in [0.3, 0.4) is 0 Å². The molecule has 0 fully saturated rings. The molecule has 0 aliphatic carbocycles. The molecule has 0 aliphatic heterocycles. The molecule has 0 unspecified atom stereocenters. The van der Waals surface area contributed by atoms with E-state index in [1.807, 2.05) is 30.8 Å². The predicted octanol–water partition coefficient (Wildman–Crippen LogP) is 1.67. The molecule has 8 heteroatoms. The number of hydrogen-bond donors (Lipinski definition) is 0. The van der Waals surface area contributed by atoms with Crippen LogP contribution in [0.4, 0.5) is 0 Å². The van der Waals surface area contributed by atoms with Crippen molar-refractivity contribution in [3.05, 3.63) is 34.5 Å². The summed E-state index contributed by atoms with van der Waals surface area (Å²) in [5, 5.41) is 10.3. The second-order valence-electron chi connectivity index (χ2n) is 6.89. The van der Waals surface area contributed by atoms with Crippen molar-refractivity contribution < 1.29 is 0 Å². The molecule has 0 radical (unpaired) electrons. The third-order valence-corrected chi connectivity index (χ3v) is 4.71. The minimum Gasteiger partial charge on any atom is -0.325 e. The van der Waals surface area contributed by atoms with Crippen LogP contribution in [0.2, 0.25) is 0 Å². The molecule has 26 heavy (non-hydrogen) atoms. The van der Waals surface area contributed by atoms with Gasteiger partial charge in [-0.2, -0.15) is 14.7 Å². The number of nitrogens with zero attached hydrogens (tertiary/aromatic N) is 7. The van der Waals surface area contributed by atoms with Crippen LogP contribution in [-0.4, -0.2) is 54.5 Å². The van der Waals surface area contributed by atoms with E-state index in [2.05, 4.69) is 38.7 Å². The Morgan fingerprint density at radius 1 is 1.19 bits per heavy atom. The summed E-state index contributed by atoms with van der Waals surface area (Å²) in [4.78, 5) is 19.6. The lowest BCUT2D eigenvalue weighted by molar-refractivity contribution is 0.388. The lowest BCUT2D eigenvalue weighted by Gasteiger charge is -2.15. The highest BCUT2D eigenvalue weighted by atomic mass is 16.1. The number of aromatic nitrogens is 6. The first-order chi connectivity index (χ1) is 12.5. The van der Waals surface area contributed by atoms with Crippen LogP contribution in [0.25, 0.3) is 27.6 Å². The highest BCUT2D eigenvalue weighted by molar-refractivity contribution is 6.02. The topological polar surface area (TPSA) is 73.2 Å². The van der Waals surface area contributed by atoms with E-state index in [9.17, 15) is 4.79 Å². The van der Waals surface area contributed by atoms with Gasteiger partial charge in [0.05, 0.1) is 28.2 Å².